The second kappa shape index (κ2) is 7.16. The fraction of sp³-hybridized carbons (Fsp3) is 0.182. The smallest absolute Gasteiger partial charge is 0.118 e. The fourth-order valence-corrected chi connectivity index (χ4v) is 4.17. The predicted molar refractivity (Wildman–Crippen MR) is 104 cm³/mol. The minimum Gasteiger partial charge on any atom is -0.497 e. The van der Waals surface area contributed by atoms with Crippen LogP contribution >= 0.6 is 11.3 Å². The lowest BCUT2D eigenvalue weighted by molar-refractivity contribution is 0.191. The molecule has 0 radical (unpaired) electrons. The van der Waals surface area contributed by atoms with Crippen molar-refractivity contribution >= 4 is 17.4 Å². The van der Waals surface area contributed by atoms with E-state index in [1.165, 1.54) is 26.4 Å². The van der Waals surface area contributed by atoms with Gasteiger partial charge in [0.1, 0.15) is 12.4 Å². The van der Waals surface area contributed by atoms with Gasteiger partial charge in [0.05, 0.1) is 12.9 Å². The van der Waals surface area contributed by atoms with Crippen LogP contribution in [0.1, 0.15) is 22.4 Å². The highest BCUT2D eigenvalue weighted by Crippen LogP contribution is 2.37. The third kappa shape index (κ3) is 3.62. The first-order valence-corrected chi connectivity index (χ1v) is 9.28. The van der Waals surface area contributed by atoms with Gasteiger partial charge in [0, 0.05) is 16.2 Å². The van der Waals surface area contributed by atoms with Crippen molar-refractivity contribution in [2.45, 2.75) is 19.4 Å². The third-order valence-electron chi connectivity index (χ3n) is 4.42. The van der Waals surface area contributed by atoms with Crippen LogP contribution in [0, 0.1) is 0 Å². The molecule has 1 aliphatic carbocycles. The SMILES string of the molecule is COc1ccc(-c2cc3c(s2)C=C(OCc2ccccc2)CC3)cc1. The molecule has 4 rings (SSSR count). The molecular weight excluding hydrogens is 328 g/mol. The molecule has 0 N–H and O–H groups in total. The number of fused-ring (bicyclic) bond motifs is 1. The number of ether oxygens (including phenoxy) is 2. The van der Waals surface area contributed by atoms with Crippen molar-refractivity contribution in [1.82, 2.24) is 0 Å². The van der Waals surface area contributed by atoms with E-state index in [1.807, 2.05) is 41.7 Å². The van der Waals surface area contributed by atoms with Crippen molar-refractivity contribution in [3.05, 3.63) is 82.4 Å². The van der Waals surface area contributed by atoms with Gasteiger partial charge in [-0.2, -0.15) is 0 Å². The highest BCUT2D eigenvalue weighted by molar-refractivity contribution is 7.16. The Bertz CT molecular complexity index is 876. The Kier molecular flexibility index (Phi) is 4.57. The second-order valence-corrected chi connectivity index (χ2v) is 7.20. The van der Waals surface area contributed by atoms with Crippen LogP contribution in [0.3, 0.4) is 0 Å². The van der Waals surface area contributed by atoms with Crippen LogP contribution < -0.4 is 4.74 Å². The summed E-state index contributed by atoms with van der Waals surface area (Å²) in [5, 5.41) is 0. The summed E-state index contributed by atoms with van der Waals surface area (Å²) in [5.74, 6) is 1.97. The zero-order chi connectivity index (χ0) is 17.1. The Morgan fingerprint density at radius 2 is 1.76 bits per heavy atom. The molecule has 0 fully saturated rings. The molecule has 1 heterocycles. The van der Waals surface area contributed by atoms with Crippen molar-refractivity contribution in [3.8, 4) is 16.2 Å². The maximum Gasteiger partial charge on any atom is 0.118 e. The van der Waals surface area contributed by atoms with Crippen molar-refractivity contribution in [3.63, 3.8) is 0 Å². The quantitative estimate of drug-likeness (QED) is 0.569. The predicted octanol–water partition coefficient (Wildman–Crippen LogP) is 5.93. The molecule has 126 valence electrons. The van der Waals surface area contributed by atoms with Gasteiger partial charge in [-0.05, 0) is 59.5 Å². The minimum atomic E-state index is 0.638. The lowest BCUT2D eigenvalue weighted by Crippen LogP contribution is -2.00. The topological polar surface area (TPSA) is 18.5 Å². The molecule has 0 unspecified atom stereocenters. The maximum atomic E-state index is 6.02. The van der Waals surface area contributed by atoms with Gasteiger partial charge >= 0.3 is 0 Å². The van der Waals surface area contributed by atoms with Gasteiger partial charge in [-0.3, -0.25) is 0 Å². The Morgan fingerprint density at radius 3 is 2.52 bits per heavy atom. The maximum absolute atomic E-state index is 6.02. The first kappa shape index (κ1) is 16.0. The van der Waals surface area contributed by atoms with Gasteiger partial charge in [0.15, 0.2) is 0 Å². The average molecular weight is 348 g/mol. The molecule has 0 saturated heterocycles. The van der Waals surface area contributed by atoms with E-state index in [4.69, 9.17) is 9.47 Å². The third-order valence-corrected chi connectivity index (χ3v) is 5.59. The van der Waals surface area contributed by atoms with Crippen molar-refractivity contribution in [2.24, 2.45) is 0 Å². The number of rotatable bonds is 5. The van der Waals surface area contributed by atoms with Crippen LogP contribution in [0.2, 0.25) is 0 Å². The van der Waals surface area contributed by atoms with Gasteiger partial charge in [0.25, 0.3) is 0 Å². The van der Waals surface area contributed by atoms with Gasteiger partial charge in [0.2, 0.25) is 0 Å². The van der Waals surface area contributed by atoms with E-state index in [0.29, 0.717) is 6.61 Å². The van der Waals surface area contributed by atoms with Crippen LogP contribution in [-0.2, 0) is 17.8 Å². The Morgan fingerprint density at radius 1 is 0.960 bits per heavy atom. The molecule has 3 heteroatoms. The molecule has 3 aromatic rings. The summed E-state index contributed by atoms with van der Waals surface area (Å²) in [5.41, 5.74) is 3.86. The van der Waals surface area contributed by atoms with Crippen molar-refractivity contribution in [2.75, 3.05) is 7.11 Å². The number of hydrogen-bond donors (Lipinski definition) is 0. The molecule has 0 saturated carbocycles. The molecule has 2 aromatic carbocycles. The highest BCUT2D eigenvalue weighted by Gasteiger charge is 2.16. The number of thiophene rings is 1. The number of benzene rings is 2. The van der Waals surface area contributed by atoms with E-state index in [1.54, 1.807) is 7.11 Å². The summed E-state index contributed by atoms with van der Waals surface area (Å²) in [6.45, 7) is 0.638. The van der Waals surface area contributed by atoms with Crippen LogP contribution in [-0.4, -0.2) is 7.11 Å². The van der Waals surface area contributed by atoms with E-state index in [2.05, 4.69) is 36.4 Å². The zero-order valence-corrected chi connectivity index (χ0v) is 15.0. The summed E-state index contributed by atoms with van der Waals surface area (Å²) in [4.78, 5) is 2.62. The summed E-state index contributed by atoms with van der Waals surface area (Å²) in [7, 11) is 1.70. The molecule has 0 bridgehead atoms. The summed E-state index contributed by atoms with van der Waals surface area (Å²) in [6.07, 6.45) is 4.22. The van der Waals surface area contributed by atoms with Crippen LogP contribution in [0.4, 0.5) is 0 Å². The normalized spacial score (nSPS) is 13.1. The first-order valence-electron chi connectivity index (χ1n) is 8.46. The molecule has 2 nitrogen and oxygen atoms in total. The molecule has 1 aliphatic rings. The molecule has 1 aromatic heterocycles. The lowest BCUT2D eigenvalue weighted by atomic mass is 10.0. The van der Waals surface area contributed by atoms with Gasteiger partial charge in [-0.25, -0.2) is 0 Å². The lowest BCUT2D eigenvalue weighted by Gasteiger charge is -2.14. The van der Waals surface area contributed by atoms with Gasteiger partial charge < -0.3 is 9.47 Å². The van der Waals surface area contributed by atoms with E-state index in [9.17, 15) is 0 Å². The number of aryl methyl sites for hydroxylation is 1. The van der Waals surface area contributed by atoms with E-state index in [0.717, 1.165) is 24.4 Å². The Labute approximate surface area is 152 Å². The highest BCUT2D eigenvalue weighted by atomic mass is 32.1. The molecule has 0 atom stereocenters. The van der Waals surface area contributed by atoms with E-state index < -0.39 is 0 Å². The van der Waals surface area contributed by atoms with Crippen molar-refractivity contribution in [1.29, 1.82) is 0 Å². The summed E-state index contributed by atoms with van der Waals surface area (Å²) in [6, 6.07) is 20.9. The molecule has 0 amide bonds. The standard InChI is InChI=1S/C22H20O2S/c1-23-19-10-7-17(8-11-19)21-13-18-9-12-20(14-22(18)25-21)24-15-16-5-3-2-4-6-16/h2-8,10-11,13-14H,9,12,15H2,1H3. The monoisotopic (exact) mass is 348 g/mol. The number of hydrogen-bond acceptors (Lipinski definition) is 3. The number of methoxy groups -OCH3 is 1. The first-order chi connectivity index (χ1) is 12.3. The zero-order valence-electron chi connectivity index (χ0n) is 14.2. The van der Waals surface area contributed by atoms with Gasteiger partial charge in [-0.15, -0.1) is 11.3 Å². The Balaban J connectivity index is 1.50. The van der Waals surface area contributed by atoms with Crippen molar-refractivity contribution < 1.29 is 9.47 Å². The van der Waals surface area contributed by atoms with Gasteiger partial charge in [-0.1, -0.05) is 30.3 Å². The van der Waals surface area contributed by atoms with E-state index >= 15 is 0 Å². The molecule has 0 aliphatic heterocycles. The van der Waals surface area contributed by atoms with Crippen LogP contribution in [0.25, 0.3) is 16.5 Å². The second-order valence-electron chi connectivity index (χ2n) is 6.11. The summed E-state index contributed by atoms with van der Waals surface area (Å²) >= 11 is 1.83. The fourth-order valence-electron chi connectivity index (χ4n) is 3.00. The number of allylic oxidation sites excluding steroid dienone is 1. The Hall–Kier alpha value is -2.52. The van der Waals surface area contributed by atoms with Crippen LogP contribution in [0.5, 0.6) is 5.75 Å². The van der Waals surface area contributed by atoms with Crippen LogP contribution in [0.15, 0.2) is 66.4 Å². The van der Waals surface area contributed by atoms with E-state index in [-0.39, 0.29) is 0 Å². The largest absolute Gasteiger partial charge is 0.497 e. The molecular formula is C22H20O2S. The molecule has 25 heavy (non-hydrogen) atoms. The molecule has 0 spiro atoms. The average Bonchev–Trinajstić information content (AvgIpc) is 3.10. The minimum absolute atomic E-state index is 0.638. The summed E-state index contributed by atoms with van der Waals surface area (Å²) < 4.78 is 11.3.